The summed E-state index contributed by atoms with van der Waals surface area (Å²) in [6.07, 6.45) is 4.71. The van der Waals surface area contributed by atoms with E-state index in [0.29, 0.717) is 0 Å². The number of rotatable bonds is 1. The molecule has 0 radical (unpaired) electrons. The van der Waals surface area contributed by atoms with Gasteiger partial charge in [0.1, 0.15) is 6.17 Å². The van der Waals surface area contributed by atoms with Gasteiger partial charge in [0.25, 0.3) is 0 Å². The van der Waals surface area contributed by atoms with Crippen LogP contribution < -0.4 is 9.80 Å². The molecular weight excluding hydrogens is 280 g/mol. The van der Waals surface area contributed by atoms with Gasteiger partial charge in [-0.15, -0.1) is 0 Å². The van der Waals surface area contributed by atoms with E-state index < -0.39 is 0 Å². The molecule has 2 heteroatoms. The molecule has 0 bridgehead atoms. The van der Waals surface area contributed by atoms with Crippen molar-refractivity contribution in [2.24, 2.45) is 0 Å². The van der Waals surface area contributed by atoms with E-state index in [0.717, 1.165) is 0 Å². The first-order valence-electron chi connectivity index (χ1n) is 7.93. The van der Waals surface area contributed by atoms with Crippen LogP contribution in [0.3, 0.4) is 0 Å². The lowest BCUT2D eigenvalue weighted by Gasteiger charge is -2.34. The molecule has 0 N–H and O–H groups in total. The van der Waals surface area contributed by atoms with Gasteiger partial charge in [-0.2, -0.15) is 0 Å². The molecule has 3 aromatic rings. The molecule has 2 aliphatic rings. The Bertz CT molecular complexity index is 883. The molecule has 0 saturated heterocycles. The van der Waals surface area contributed by atoms with Crippen molar-refractivity contribution >= 4 is 28.8 Å². The first-order chi connectivity index (χ1) is 11.4. The van der Waals surface area contributed by atoms with Crippen molar-refractivity contribution in [3.05, 3.63) is 90.5 Å². The molecule has 3 aromatic carbocycles. The van der Waals surface area contributed by atoms with Gasteiger partial charge in [-0.25, -0.2) is 0 Å². The van der Waals surface area contributed by atoms with Gasteiger partial charge >= 0.3 is 0 Å². The number of hydrogen-bond donors (Lipinski definition) is 0. The van der Waals surface area contributed by atoms with Crippen molar-refractivity contribution < 1.29 is 0 Å². The summed E-state index contributed by atoms with van der Waals surface area (Å²) in [7, 11) is 0. The summed E-state index contributed by atoms with van der Waals surface area (Å²) in [4.78, 5) is 4.83. The SMILES string of the molecule is C1=CC2N(c3ccccc3)c3ccccc3N2c2ccccc21. The molecule has 2 nitrogen and oxygen atoms in total. The van der Waals surface area contributed by atoms with E-state index in [9.17, 15) is 0 Å². The molecule has 0 saturated carbocycles. The highest BCUT2D eigenvalue weighted by atomic mass is 15.4. The quantitative estimate of drug-likeness (QED) is 0.599. The number of fused-ring (bicyclic) bond motifs is 5. The molecule has 0 aliphatic carbocycles. The summed E-state index contributed by atoms with van der Waals surface area (Å²) in [5, 5.41) is 0. The lowest BCUT2D eigenvalue weighted by molar-refractivity contribution is 0.829. The Kier molecular flexibility index (Phi) is 2.59. The fourth-order valence-corrected chi connectivity index (χ4v) is 3.63. The van der Waals surface area contributed by atoms with Crippen LogP contribution in [0.2, 0.25) is 0 Å². The normalized spacial score (nSPS) is 17.7. The summed E-state index contributed by atoms with van der Waals surface area (Å²) in [5.41, 5.74) is 6.28. The van der Waals surface area contributed by atoms with E-state index in [1.54, 1.807) is 0 Å². The molecule has 5 rings (SSSR count). The third kappa shape index (κ3) is 1.75. The zero-order valence-corrected chi connectivity index (χ0v) is 12.6. The number of benzene rings is 3. The average molecular weight is 296 g/mol. The Morgan fingerprint density at radius 3 is 1.96 bits per heavy atom. The minimum atomic E-state index is 0.185. The lowest BCUT2D eigenvalue weighted by Crippen LogP contribution is -2.38. The molecular formula is C21H16N2. The smallest absolute Gasteiger partial charge is 0.130 e. The minimum Gasteiger partial charge on any atom is -0.315 e. The van der Waals surface area contributed by atoms with E-state index >= 15 is 0 Å². The van der Waals surface area contributed by atoms with Crippen LogP contribution in [-0.4, -0.2) is 6.17 Å². The maximum absolute atomic E-state index is 2.43. The largest absolute Gasteiger partial charge is 0.315 e. The number of nitrogens with zero attached hydrogens (tertiary/aromatic N) is 2. The summed E-state index contributed by atoms with van der Waals surface area (Å²) in [6, 6.07) is 27.9. The molecule has 1 atom stereocenters. The first kappa shape index (κ1) is 12.5. The Morgan fingerprint density at radius 2 is 1.17 bits per heavy atom. The molecule has 0 amide bonds. The Labute approximate surface area is 135 Å². The van der Waals surface area contributed by atoms with Crippen LogP contribution in [-0.2, 0) is 0 Å². The van der Waals surface area contributed by atoms with Crippen LogP contribution in [0.4, 0.5) is 22.7 Å². The Balaban J connectivity index is 1.75. The van der Waals surface area contributed by atoms with Gasteiger partial charge in [-0.1, -0.05) is 54.6 Å². The van der Waals surface area contributed by atoms with E-state index in [1.807, 2.05) is 0 Å². The molecule has 110 valence electrons. The highest BCUT2D eigenvalue weighted by Gasteiger charge is 2.38. The third-order valence-electron chi connectivity index (χ3n) is 4.61. The first-order valence-corrected chi connectivity index (χ1v) is 7.93. The molecule has 2 heterocycles. The van der Waals surface area contributed by atoms with E-state index in [1.165, 1.54) is 28.3 Å². The maximum Gasteiger partial charge on any atom is 0.130 e. The number of hydrogen-bond acceptors (Lipinski definition) is 2. The monoisotopic (exact) mass is 296 g/mol. The summed E-state index contributed by atoms with van der Waals surface area (Å²) in [6.45, 7) is 0. The fraction of sp³-hybridized carbons (Fsp3) is 0.0476. The van der Waals surface area contributed by atoms with Crippen LogP contribution in [0.15, 0.2) is 84.9 Å². The fourth-order valence-electron chi connectivity index (χ4n) is 3.63. The van der Waals surface area contributed by atoms with Crippen molar-refractivity contribution in [2.75, 3.05) is 9.80 Å². The molecule has 0 fully saturated rings. The standard InChI is InChI=1S/C21H16N2/c1-2-9-17(10-3-1)22-19-12-6-7-13-20(19)23-18-11-5-4-8-16(18)14-15-21(22)23/h1-15,21H. The molecule has 1 unspecified atom stereocenters. The highest BCUT2D eigenvalue weighted by molar-refractivity contribution is 5.93. The summed E-state index contributed by atoms with van der Waals surface area (Å²) in [5.74, 6) is 0. The van der Waals surface area contributed by atoms with Gasteiger partial charge in [0.2, 0.25) is 0 Å². The lowest BCUT2D eigenvalue weighted by atomic mass is 10.1. The van der Waals surface area contributed by atoms with Crippen LogP contribution >= 0.6 is 0 Å². The minimum absolute atomic E-state index is 0.185. The topological polar surface area (TPSA) is 6.48 Å². The van der Waals surface area contributed by atoms with Crippen molar-refractivity contribution in [3.63, 3.8) is 0 Å². The zero-order chi connectivity index (χ0) is 15.2. The van der Waals surface area contributed by atoms with Crippen LogP contribution in [0.1, 0.15) is 5.56 Å². The highest BCUT2D eigenvalue weighted by Crippen LogP contribution is 2.50. The van der Waals surface area contributed by atoms with Crippen LogP contribution in [0.25, 0.3) is 6.08 Å². The number of anilines is 4. The average Bonchev–Trinajstić information content (AvgIpc) is 2.97. The maximum atomic E-state index is 2.43. The predicted molar refractivity (Wildman–Crippen MR) is 96.4 cm³/mol. The Morgan fingerprint density at radius 1 is 0.565 bits per heavy atom. The van der Waals surface area contributed by atoms with Gasteiger partial charge in [-0.05, 0) is 42.0 Å². The molecule has 23 heavy (non-hydrogen) atoms. The van der Waals surface area contributed by atoms with Gasteiger partial charge < -0.3 is 9.80 Å². The summed E-state index contributed by atoms with van der Waals surface area (Å²) >= 11 is 0. The third-order valence-corrected chi connectivity index (χ3v) is 4.61. The van der Waals surface area contributed by atoms with Gasteiger partial charge in [0, 0.05) is 5.69 Å². The van der Waals surface area contributed by atoms with Crippen molar-refractivity contribution in [1.29, 1.82) is 0 Å². The van der Waals surface area contributed by atoms with Gasteiger partial charge in [0.05, 0.1) is 17.1 Å². The van der Waals surface area contributed by atoms with E-state index in [4.69, 9.17) is 0 Å². The Hall–Kier alpha value is -3.00. The molecule has 0 spiro atoms. The number of para-hydroxylation sites is 4. The van der Waals surface area contributed by atoms with Gasteiger partial charge in [-0.3, -0.25) is 0 Å². The van der Waals surface area contributed by atoms with Crippen molar-refractivity contribution in [2.45, 2.75) is 6.17 Å². The predicted octanol–water partition coefficient (Wildman–Crippen LogP) is 5.33. The summed E-state index contributed by atoms with van der Waals surface area (Å²) < 4.78 is 0. The second kappa shape index (κ2) is 4.75. The van der Waals surface area contributed by atoms with Crippen LogP contribution in [0.5, 0.6) is 0 Å². The molecule has 2 aliphatic heterocycles. The second-order valence-electron chi connectivity index (χ2n) is 5.90. The van der Waals surface area contributed by atoms with Gasteiger partial charge in [0.15, 0.2) is 0 Å². The van der Waals surface area contributed by atoms with Crippen molar-refractivity contribution in [1.82, 2.24) is 0 Å². The zero-order valence-electron chi connectivity index (χ0n) is 12.6. The van der Waals surface area contributed by atoms with E-state index in [2.05, 4.69) is 101 Å². The van der Waals surface area contributed by atoms with Crippen molar-refractivity contribution in [3.8, 4) is 0 Å². The second-order valence-corrected chi connectivity index (χ2v) is 5.90. The molecule has 0 aromatic heterocycles. The van der Waals surface area contributed by atoms with E-state index in [-0.39, 0.29) is 6.17 Å². The van der Waals surface area contributed by atoms with Crippen LogP contribution in [0, 0.1) is 0 Å².